The second kappa shape index (κ2) is 8.29. The van der Waals surface area contributed by atoms with Gasteiger partial charge in [-0.25, -0.2) is 0 Å². The molecule has 5 heteroatoms. The molecule has 0 heterocycles. The van der Waals surface area contributed by atoms with Crippen LogP contribution in [-0.4, -0.2) is 25.5 Å². The molecule has 0 aliphatic carbocycles. The Balaban J connectivity index is 2.63. The van der Waals surface area contributed by atoms with Gasteiger partial charge in [0.15, 0.2) is 0 Å². The van der Waals surface area contributed by atoms with Gasteiger partial charge in [-0.05, 0) is 36.1 Å². The van der Waals surface area contributed by atoms with Crippen molar-refractivity contribution in [2.24, 2.45) is 5.92 Å². The number of hydrogen-bond acceptors (Lipinski definition) is 3. The van der Waals surface area contributed by atoms with Crippen LogP contribution in [-0.2, 0) is 16.0 Å². The number of ether oxygens (including phenoxy) is 1. The van der Waals surface area contributed by atoms with Crippen LogP contribution in [0.25, 0.3) is 0 Å². The number of benzene rings is 1. The van der Waals surface area contributed by atoms with E-state index in [0.717, 1.165) is 17.0 Å². The molecule has 0 radical (unpaired) electrons. The van der Waals surface area contributed by atoms with Gasteiger partial charge in [0.2, 0.25) is 11.8 Å². The van der Waals surface area contributed by atoms with E-state index in [-0.39, 0.29) is 11.8 Å². The fourth-order valence-corrected chi connectivity index (χ4v) is 2.03. The summed E-state index contributed by atoms with van der Waals surface area (Å²) in [5.41, 5.74) is 1.68. The molecule has 116 valence electrons. The van der Waals surface area contributed by atoms with Gasteiger partial charge in [-0.3, -0.25) is 9.59 Å². The molecule has 0 aromatic heterocycles. The lowest BCUT2D eigenvalue weighted by Crippen LogP contribution is -2.26. The smallest absolute Gasteiger partial charge is 0.221 e. The first-order valence-corrected chi connectivity index (χ1v) is 7.13. The van der Waals surface area contributed by atoms with E-state index in [9.17, 15) is 9.59 Å². The van der Waals surface area contributed by atoms with E-state index in [2.05, 4.69) is 10.6 Å². The highest BCUT2D eigenvalue weighted by Gasteiger charge is 2.08. The molecule has 0 bridgehead atoms. The Morgan fingerprint density at radius 1 is 1.29 bits per heavy atom. The first kappa shape index (κ1) is 17.0. The van der Waals surface area contributed by atoms with Crippen molar-refractivity contribution < 1.29 is 14.3 Å². The van der Waals surface area contributed by atoms with Crippen LogP contribution in [0, 0.1) is 5.92 Å². The molecule has 2 amide bonds. The summed E-state index contributed by atoms with van der Waals surface area (Å²) >= 11 is 0. The van der Waals surface area contributed by atoms with Gasteiger partial charge in [-0.15, -0.1) is 0 Å². The van der Waals surface area contributed by atoms with Crippen molar-refractivity contribution in [3.63, 3.8) is 0 Å². The SMILES string of the molecule is COc1ccc(NC(C)=O)cc1CCNC(=O)CC(C)C. The number of amides is 2. The predicted molar refractivity (Wildman–Crippen MR) is 83.5 cm³/mol. The van der Waals surface area contributed by atoms with Gasteiger partial charge in [0.05, 0.1) is 7.11 Å². The van der Waals surface area contributed by atoms with Gasteiger partial charge in [-0.2, -0.15) is 0 Å². The van der Waals surface area contributed by atoms with E-state index in [1.165, 1.54) is 6.92 Å². The Morgan fingerprint density at radius 2 is 2.00 bits per heavy atom. The van der Waals surface area contributed by atoms with Crippen LogP contribution in [0.4, 0.5) is 5.69 Å². The van der Waals surface area contributed by atoms with E-state index in [1.54, 1.807) is 13.2 Å². The number of anilines is 1. The highest BCUT2D eigenvalue weighted by molar-refractivity contribution is 5.88. The van der Waals surface area contributed by atoms with Crippen molar-refractivity contribution in [2.45, 2.75) is 33.6 Å². The normalized spacial score (nSPS) is 10.3. The highest BCUT2D eigenvalue weighted by atomic mass is 16.5. The maximum absolute atomic E-state index is 11.6. The molecule has 0 saturated heterocycles. The zero-order valence-corrected chi connectivity index (χ0v) is 13.2. The average molecular weight is 292 g/mol. The van der Waals surface area contributed by atoms with E-state index in [0.29, 0.717) is 25.3 Å². The third kappa shape index (κ3) is 6.29. The Bertz CT molecular complexity index is 498. The number of methoxy groups -OCH3 is 1. The zero-order chi connectivity index (χ0) is 15.8. The molecule has 5 nitrogen and oxygen atoms in total. The predicted octanol–water partition coefficient (Wildman–Crippen LogP) is 2.36. The topological polar surface area (TPSA) is 67.4 Å². The molecule has 0 aliphatic rings. The van der Waals surface area contributed by atoms with E-state index in [1.807, 2.05) is 26.0 Å². The Morgan fingerprint density at radius 3 is 2.57 bits per heavy atom. The van der Waals surface area contributed by atoms with E-state index < -0.39 is 0 Å². The Kier molecular flexibility index (Phi) is 6.72. The summed E-state index contributed by atoms with van der Waals surface area (Å²) in [6.07, 6.45) is 1.18. The summed E-state index contributed by atoms with van der Waals surface area (Å²) in [5, 5.41) is 5.63. The molecule has 2 N–H and O–H groups in total. The monoisotopic (exact) mass is 292 g/mol. The summed E-state index contributed by atoms with van der Waals surface area (Å²) in [5.74, 6) is 1.04. The lowest BCUT2D eigenvalue weighted by atomic mass is 10.1. The number of nitrogens with one attached hydrogen (secondary N) is 2. The second-order valence-electron chi connectivity index (χ2n) is 5.41. The number of rotatable bonds is 7. The van der Waals surface area contributed by atoms with Crippen molar-refractivity contribution in [3.8, 4) is 5.75 Å². The third-order valence-corrected chi connectivity index (χ3v) is 2.91. The van der Waals surface area contributed by atoms with E-state index in [4.69, 9.17) is 4.74 Å². The molecule has 0 aliphatic heterocycles. The van der Waals surface area contributed by atoms with Gasteiger partial charge in [-0.1, -0.05) is 13.8 Å². The standard InChI is InChI=1S/C16H24N2O3/c1-11(2)9-16(20)17-8-7-13-10-14(18-12(3)19)5-6-15(13)21-4/h5-6,10-11H,7-9H2,1-4H3,(H,17,20)(H,18,19). The summed E-state index contributed by atoms with van der Waals surface area (Å²) in [7, 11) is 1.61. The summed E-state index contributed by atoms with van der Waals surface area (Å²) in [6, 6.07) is 5.48. The van der Waals surface area contributed by atoms with Crippen LogP contribution in [0.3, 0.4) is 0 Å². The third-order valence-electron chi connectivity index (χ3n) is 2.91. The largest absolute Gasteiger partial charge is 0.496 e. The lowest BCUT2D eigenvalue weighted by molar-refractivity contribution is -0.121. The first-order chi connectivity index (χ1) is 9.92. The van der Waals surface area contributed by atoms with Crippen LogP contribution in [0.2, 0.25) is 0 Å². The number of hydrogen-bond donors (Lipinski definition) is 2. The molecule has 1 rings (SSSR count). The maximum atomic E-state index is 11.6. The highest BCUT2D eigenvalue weighted by Crippen LogP contribution is 2.23. The minimum atomic E-state index is -0.114. The van der Waals surface area contributed by atoms with Crippen LogP contribution >= 0.6 is 0 Å². The van der Waals surface area contributed by atoms with Gasteiger partial charge in [0.1, 0.15) is 5.75 Å². The van der Waals surface area contributed by atoms with Crippen molar-refractivity contribution in [1.82, 2.24) is 5.32 Å². The zero-order valence-electron chi connectivity index (χ0n) is 13.2. The van der Waals surface area contributed by atoms with Crippen molar-refractivity contribution in [3.05, 3.63) is 23.8 Å². The number of carbonyl (C=O) groups is 2. The molecule has 1 aromatic rings. The van der Waals surface area contributed by atoms with Crippen LogP contribution in [0.5, 0.6) is 5.75 Å². The molecular formula is C16H24N2O3. The van der Waals surface area contributed by atoms with Crippen molar-refractivity contribution in [2.75, 3.05) is 19.0 Å². The first-order valence-electron chi connectivity index (χ1n) is 7.13. The van der Waals surface area contributed by atoms with Gasteiger partial charge in [0, 0.05) is 25.6 Å². The molecule has 1 aromatic carbocycles. The fourth-order valence-electron chi connectivity index (χ4n) is 2.03. The van der Waals surface area contributed by atoms with E-state index >= 15 is 0 Å². The van der Waals surface area contributed by atoms with Crippen LogP contribution < -0.4 is 15.4 Å². The van der Waals surface area contributed by atoms with Crippen LogP contribution in [0.1, 0.15) is 32.8 Å². The molecule has 0 saturated carbocycles. The Hall–Kier alpha value is -2.04. The van der Waals surface area contributed by atoms with Gasteiger partial charge >= 0.3 is 0 Å². The molecule has 0 atom stereocenters. The van der Waals surface area contributed by atoms with Gasteiger partial charge < -0.3 is 15.4 Å². The molecule has 0 unspecified atom stereocenters. The molecular weight excluding hydrogens is 268 g/mol. The quantitative estimate of drug-likeness (QED) is 0.810. The summed E-state index contributed by atoms with van der Waals surface area (Å²) in [6.45, 7) is 6.04. The summed E-state index contributed by atoms with van der Waals surface area (Å²) < 4.78 is 5.30. The summed E-state index contributed by atoms with van der Waals surface area (Å²) in [4.78, 5) is 22.7. The molecule has 21 heavy (non-hydrogen) atoms. The van der Waals surface area contributed by atoms with Gasteiger partial charge in [0.25, 0.3) is 0 Å². The Labute approximate surface area is 126 Å². The second-order valence-corrected chi connectivity index (χ2v) is 5.41. The van der Waals surface area contributed by atoms with Crippen molar-refractivity contribution in [1.29, 1.82) is 0 Å². The molecule has 0 spiro atoms. The minimum Gasteiger partial charge on any atom is -0.496 e. The fraction of sp³-hybridized carbons (Fsp3) is 0.500. The average Bonchev–Trinajstić information content (AvgIpc) is 2.37. The maximum Gasteiger partial charge on any atom is 0.221 e. The lowest BCUT2D eigenvalue weighted by Gasteiger charge is -2.12. The number of carbonyl (C=O) groups excluding carboxylic acids is 2. The minimum absolute atomic E-state index is 0.0574. The van der Waals surface area contributed by atoms with Crippen molar-refractivity contribution >= 4 is 17.5 Å². The molecule has 0 fully saturated rings. The van der Waals surface area contributed by atoms with Crippen LogP contribution in [0.15, 0.2) is 18.2 Å².